The predicted octanol–water partition coefficient (Wildman–Crippen LogP) is 3.24. The molecule has 4 nitrogen and oxygen atoms in total. The van der Waals surface area contributed by atoms with Gasteiger partial charge < -0.3 is 11.1 Å². The third kappa shape index (κ3) is 2.94. The summed E-state index contributed by atoms with van der Waals surface area (Å²) in [5.74, 6) is -0.221. The maximum Gasteiger partial charge on any atom is 0.245 e. The van der Waals surface area contributed by atoms with Gasteiger partial charge in [0, 0.05) is 5.69 Å². The van der Waals surface area contributed by atoms with E-state index in [0.717, 1.165) is 26.5 Å². The zero-order valence-corrected chi connectivity index (χ0v) is 12.4. The number of aromatic nitrogens is 1. The molecule has 0 radical (unpaired) electrons. The van der Waals surface area contributed by atoms with Crippen molar-refractivity contribution in [3.8, 4) is 0 Å². The predicted molar refractivity (Wildman–Crippen MR) is 86.4 cm³/mol. The number of nitrogens with two attached hydrogens (primary N) is 1. The van der Waals surface area contributed by atoms with Crippen molar-refractivity contribution in [3.05, 3.63) is 59.1 Å². The molecule has 0 aliphatic carbocycles. The van der Waals surface area contributed by atoms with Gasteiger partial charge in [-0.25, -0.2) is 4.98 Å². The first-order valence-electron chi connectivity index (χ1n) is 6.62. The highest BCUT2D eigenvalue weighted by Gasteiger charge is 2.15. The van der Waals surface area contributed by atoms with E-state index in [1.54, 1.807) is 11.3 Å². The minimum atomic E-state index is -0.676. The number of rotatable bonds is 3. The van der Waals surface area contributed by atoms with Crippen LogP contribution in [0.25, 0.3) is 10.2 Å². The zero-order chi connectivity index (χ0) is 14.8. The maximum absolute atomic E-state index is 12.2. The van der Waals surface area contributed by atoms with Crippen LogP contribution in [0.2, 0.25) is 0 Å². The molecule has 0 aliphatic heterocycles. The highest BCUT2D eigenvalue weighted by Crippen LogP contribution is 2.25. The van der Waals surface area contributed by atoms with Crippen LogP contribution in [-0.4, -0.2) is 10.9 Å². The Hall–Kier alpha value is -2.24. The molecule has 1 amide bonds. The number of aryl methyl sites for hydroxylation is 1. The van der Waals surface area contributed by atoms with Crippen LogP contribution in [0.15, 0.2) is 48.5 Å². The molecule has 0 fully saturated rings. The molecule has 0 saturated carbocycles. The van der Waals surface area contributed by atoms with Gasteiger partial charge in [0.2, 0.25) is 5.91 Å². The van der Waals surface area contributed by atoms with Gasteiger partial charge in [-0.1, -0.05) is 30.3 Å². The quantitative estimate of drug-likeness (QED) is 0.780. The minimum absolute atomic E-state index is 0.221. The van der Waals surface area contributed by atoms with Gasteiger partial charge in [-0.15, -0.1) is 11.3 Å². The van der Waals surface area contributed by atoms with Crippen molar-refractivity contribution in [1.29, 1.82) is 0 Å². The second kappa shape index (κ2) is 5.63. The van der Waals surface area contributed by atoms with Gasteiger partial charge in [0.05, 0.1) is 15.2 Å². The molecule has 0 aliphatic rings. The van der Waals surface area contributed by atoms with Crippen LogP contribution in [-0.2, 0) is 4.79 Å². The summed E-state index contributed by atoms with van der Waals surface area (Å²) < 4.78 is 1.05. The number of nitrogens with one attached hydrogen (secondary N) is 1. The number of thiazole rings is 1. The fourth-order valence-electron chi connectivity index (χ4n) is 2.15. The third-order valence-corrected chi connectivity index (χ3v) is 4.14. The van der Waals surface area contributed by atoms with Crippen LogP contribution in [0, 0.1) is 6.92 Å². The summed E-state index contributed by atoms with van der Waals surface area (Å²) in [7, 11) is 0. The Morgan fingerprint density at radius 1 is 1.24 bits per heavy atom. The molecule has 3 N–H and O–H groups in total. The molecule has 3 rings (SSSR count). The Bertz CT molecular complexity index is 783. The highest BCUT2D eigenvalue weighted by atomic mass is 32.1. The number of nitrogens with zero attached hydrogens (tertiary/aromatic N) is 1. The Balaban J connectivity index is 1.79. The highest BCUT2D eigenvalue weighted by molar-refractivity contribution is 7.18. The third-order valence-electron chi connectivity index (χ3n) is 3.20. The summed E-state index contributed by atoms with van der Waals surface area (Å²) in [4.78, 5) is 16.6. The summed E-state index contributed by atoms with van der Waals surface area (Å²) >= 11 is 1.60. The molecule has 0 spiro atoms. The van der Waals surface area contributed by atoms with Crippen molar-refractivity contribution in [2.24, 2.45) is 5.73 Å². The Morgan fingerprint density at radius 2 is 2.00 bits per heavy atom. The van der Waals surface area contributed by atoms with Crippen molar-refractivity contribution >= 4 is 33.1 Å². The molecule has 1 heterocycles. The molecule has 21 heavy (non-hydrogen) atoms. The van der Waals surface area contributed by atoms with E-state index in [0.29, 0.717) is 0 Å². The van der Waals surface area contributed by atoms with Crippen molar-refractivity contribution in [2.75, 3.05) is 5.32 Å². The minimum Gasteiger partial charge on any atom is -0.324 e. The van der Waals surface area contributed by atoms with Crippen molar-refractivity contribution in [2.45, 2.75) is 13.0 Å². The number of hydrogen-bond donors (Lipinski definition) is 2. The summed E-state index contributed by atoms with van der Waals surface area (Å²) in [6.45, 7) is 1.97. The van der Waals surface area contributed by atoms with E-state index >= 15 is 0 Å². The smallest absolute Gasteiger partial charge is 0.245 e. The van der Waals surface area contributed by atoms with Crippen LogP contribution in [0.5, 0.6) is 0 Å². The molecular weight excluding hydrogens is 282 g/mol. The normalized spacial score (nSPS) is 12.3. The van der Waals surface area contributed by atoms with Crippen molar-refractivity contribution < 1.29 is 4.79 Å². The van der Waals surface area contributed by atoms with E-state index in [4.69, 9.17) is 5.73 Å². The Labute approximate surface area is 126 Å². The maximum atomic E-state index is 12.2. The van der Waals surface area contributed by atoms with Crippen LogP contribution in [0.1, 0.15) is 16.6 Å². The van der Waals surface area contributed by atoms with Crippen LogP contribution >= 0.6 is 11.3 Å². The van der Waals surface area contributed by atoms with E-state index in [2.05, 4.69) is 10.3 Å². The Morgan fingerprint density at radius 3 is 2.76 bits per heavy atom. The van der Waals surface area contributed by atoms with Crippen LogP contribution < -0.4 is 11.1 Å². The van der Waals surface area contributed by atoms with Gasteiger partial charge in [-0.2, -0.15) is 0 Å². The average Bonchev–Trinajstić information content (AvgIpc) is 2.86. The second-order valence-electron chi connectivity index (χ2n) is 4.79. The van der Waals surface area contributed by atoms with E-state index in [1.807, 2.05) is 55.5 Å². The number of fused-ring (bicyclic) bond motifs is 1. The Kier molecular flexibility index (Phi) is 3.68. The lowest BCUT2D eigenvalue weighted by atomic mass is 10.1. The number of amides is 1. The molecule has 1 atom stereocenters. The van der Waals surface area contributed by atoms with Crippen LogP contribution in [0.4, 0.5) is 5.69 Å². The van der Waals surface area contributed by atoms with E-state index in [-0.39, 0.29) is 5.91 Å². The lowest BCUT2D eigenvalue weighted by Crippen LogP contribution is -2.27. The molecule has 3 aromatic rings. The fourth-order valence-corrected chi connectivity index (χ4v) is 3.02. The number of anilines is 1. The SMILES string of the molecule is Cc1nc2ccc(NC(=O)C(N)c3ccccc3)cc2s1. The van der Waals surface area contributed by atoms with Gasteiger partial charge in [0.1, 0.15) is 6.04 Å². The largest absolute Gasteiger partial charge is 0.324 e. The number of carbonyl (C=O) groups excluding carboxylic acids is 1. The molecule has 0 bridgehead atoms. The molecule has 2 aromatic carbocycles. The van der Waals surface area contributed by atoms with E-state index < -0.39 is 6.04 Å². The number of carbonyl (C=O) groups is 1. The molecule has 0 saturated heterocycles. The van der Waals surface area contributed by atoms with Gasteiger partial charge in [-0.05, 0) is 30.7 Å². The molecule has 5 heteroatoms. The summed E-state index contributed by atoms with van der Waals surface area (Å²) in [5.41, 5.74) is 8.46. The summed E-state index contributed by atoms with van der Waals surface area (Å²) in [5, 5.41) is 3.87. The van der Waals surface area contributed by atoms with Crippen molar-refractivity contribution in [3.63, 3.8) is 0 Å². The first-order chi connectivity index (χ1) is 10.1. The number of hydrogen-bond acceptors (Lipinski definition) is 4. The second-order valence-corrected chi connectivity index (χ2v) is 6.03. The topological polar surface area (TPSA) is 68.0 Å². The molecule has 1 unspecified atom stereocenters. The van der Waals surface area contributed by atoms with Gasteiger partial charge in [-0.3, -0.25) is 4.79 Å². The first kappa shape index (κ1) is 13.7. The fraction of sp³-hybridized carbons (Fsp3) is 0.125. The monoisotopic (exact) mass is 297 g/mol. The lowest BCUT2D eigenvalue weighted by molar-refractivity contribution is -0.117. The zero-order valence-electron chi connectivity index (χ0n) is 11.5. The van der Waals surface area contributed by atoms with Gasteiger partial charge in [0.15, 0.2) is 0 Å². The van der Waals surface area contributed by atoms with Gasteiger partial charge >= 0.3 is 0 Å². The van der Waals surface area contributed by atoms with Crippen molar-refractivity contribution in [1.82, 2.24) is 4.98 Å². The molecule has 1 aromatic heterocycles. The lowest BCUT2D eigenvalue weighted by Gasteiger charge is -2.12. The van der Waals surface area contributed by atoms with E-state index in [1.165, 1.54) is 0 Å². The number of benzene rings is 2. The van der Waals surface area contributed by atoms with Crippen LogP contribution in [0.3, 0.4) is 0 Å². The summed E-state index contributed by atoms with van der Waals surface area (Å²) in [6.07, 6.45) is 0. The van der Waals surface area contributed by atoms with E-state index in [9.17, 15) is 4.79 Å². The van der Waals surface area contributed by atoms with Gasteiger partial charge in [0.25, 0.3) is 0 Å². The summed E-state index contributed by atoms with van der Waals surface area (Å²) in [6, 6.07) is 14.3. The average molecular weight is 297 g/mol. The molecular formula is C16H15N3OS. The standard InChI is InChI=1S/C16H15N3OS/c1-10-18-13-8-7-12(9-14(13)21-10)19-16(20)15(17)11-5-3-2-4-6-11/h2-9,15H,17H2,1H3,(H,19,20). The molecule has 106 valence electrons. The first-order valence-corrected chi connectivity index (χ1v) is 7.44.